The molecule has 2 unspecified atom stereocenters. The highest BCUT2D eigenvalue weighted by atomic mass is 28.3. The topological polar surface area (TPSA) is 36.9 Å². The Balaban J connectivity index is 2.17. The maximum atomic E-state index is 6.20. The Hall–Kier alpha value is -0.883. The number of ether oxygens (including phenoxy) is 2. The molecule has 0 aliphatic carbocycles. The van der Waals surface area contributed by atoms with Gasteiger partial charge in [0.15, 0.2) is 0 Å². The number of rotatable bonds is 8. The third kappa shape index (κ3) is 4.35. The van der Waals surface area contributed by atoms with Gasteiger partial charge in [-0.05, 0) is 37.6 Å². The van der Waals surface area contributed by atoms with Crippen LogP contribution in [0, 0.1) is 5.92 Å². The molecule has 0 radical (unpaired) electrons. The third-order valence-corrected chi connectivity index (χ3v) is 6.61. The Morgan fingerprint density at radius 2 is 1.91 bits per heavy atom. The zero-order valence-electron chi connectivity index (χ0n) is 15.1. The van der Waals surface area contributed by atoms with Gasteiger partial charge in [0.25, 0.3) is 0 Å². The second kappa shape index (κ2) is 8.28. The molecule has 0 bridgehead atoms. The van der Waals surface area contributed by atoms with Crippen molar-refractivity contribution in [3.8, 4) is 5.75 Å². The first-order valence-electron chi connectivity index (χ1n) is 8.73. The minimum absolute atomic E-state index is 0.356. The van der Waals surface area contributed by atoms with E-state index in [9.17, 15) is 0 Å². The SMILES string of the molecule is CCCC(C)C1(C)OCc2cc([SiH](OCC)OCC)ccc2O1. The minimum atomic E-state index is -1.82. The van der Waals surface area contributed by atoms with Gasteiger partial charge in [0.05, 0.1) is 6.61 Å². The first-order valence-corrected chi connectivity index (χ1v) is 10.2. The maximum absolute atomic E-state index is 6.20. The summed E-state index contributed by atoms with van der Waals surface area (Å²) in [6, 6.07) is 6.25. The van der Waals surface area contributed by atoms with E-state index >= 15 is 0 Å². The highest BCUT2D eigenvalue weighted by molar-refractivity contribution is 6.61. The Labute approximate surface area is 141 Å². The molecule has 2 rings (SSSR count). The molecule has 1 heterocycles. The first kappa shape index (κ1) is 18.5. The van der Waals surface area contributed by atoms with Crippen molar-refractivity contribution in [1.82, 2.24) is 0 Å². The van der Waals surface area contributed by atoms with Crippen LogP contribution in [-0.4, -0.2) is 28.3 Å². The minimum Gasteiger partial charge on any atom is -0.462 e. The average molecular weight is 339 g/mol. The molecule has 130 valence electrons. The largest absolute Gasteiger partial charge is 0.462 e. The molecule has 0 N–H and O–H groups in total. The summed E-state index contributed by atoms with van der Waals surface area (Å²) in [5.41, 5.74) is 1.08. The molecule has 0 aromatic heterocycles. The van der Waals surface area contributed by atoms with E-state index in [1.54, 1.807) is 0 Å². The Morgan fingerprint density at radius 1 is 1.22 bits per heavy atom. The normalized spacial score (nSPS) is 21.8. The van der Waals surface area contributed by atoms with Gasteiger partial charge in [-0.3, -0.25) is 0 Å². The van der Waals surface area contributed by atoms with E-state index in [-0.39, 0.29) is 0 Å². The van der Waals surface area contributed by atoms with Gasteiger partial charge >= 0.3 is 9.28 Å². The van der Waals surface area contributed by atoms with Gasteiger partial charge in [-0.25, -0.2) is 0 Å². The molecule has 1 aromatic rings. The van der Waals surface area contributed by atoms with Crippen LogP contribution in [0.2, 0.25) is 0 Å². The van der Waals surface area contributed by atoms with E-state index in [0.29, 0.717) is 25.7 Å². The van der Waals surface area contributed by atoms with Gasteiger partial charge in [0.1, 0.15) is 5.75 Å². The molecule has 1 aliphatic rings. The van der Waals surface area contributed by atoms with Crippen molar-refractivity contribution in [3.63, 3.8) is 0 Å². The van der Waals surface area contributed by atoms with E-state index in [2.05, 4.69) is 26.0 Å². The van der Waals surface area contributed by atoms with Crippen molar-refractivity contribution in [3.05, 3.63) is 23.8 Å². The molecule has 0 fully saturated rings. The summed E-state index contributed by atoms with van der Waals surface area (Å²) in [6.07, 6.45) is 2.22. The molecule has 1 aromatic carbocycles. The Morgan fingerprint density at radius 3 is 2.52 bits per heavy atom. The monoisotopic (exact) mass is 338 g/mol. The van der Waals surface area contributed by atoms with E-state index in [4.69, 9.17) is 18.3 Å². The van der Waals surface area contributed by atoms with Crippen LogP contribution in [0.4, 0.5) is 0 Å². The van der Waals surface area contributed by atoms with Crippen LogP contribution in [-0.2, 0) is 20.2 Å². The summed E-state index contributed by atoms with van der Waals surface area (Å²) in [7, 11) is -1.82. The van der Waals surface area contributed by atoms with E-state index < -0.39 is 15.1 Å². The van der Waals surface area contributed by atoms with E-state index in [1.807, 2.05) is 26.8 Å². The molecular formula is C18H30O4Si. The van der Waals surface area contributed by atoms with Crippen LogP contribution in [0.15, 0.2) is 18.2 Å². The standard InChI is InChI=1S/C18H30O4Si/c1-6-9-14(4)18(5)19-13-15-12-16(10-11-17(15)22-18)23(20-7-2)21-8-3/h10-12,14,23H,6-9,13H2,1-5H3. The second-order valence-electron chi connectivity index (χ2n) is 6.21. The van der Waals surface area contributed by atoms with Gasteiger partial charge in [0.2, 0.25) is 5.79 Å². The van der Waals surface area contributed by atoms with Crippen LogP contribution in [0.5, 0.6) is 5.75 Å². The summed E-state index contributed by atoms with van der Waals surface area (Å²) in [5.74, 6) is 0.738. The maximum Gasteiger partial charge on any atom is 0.355 e. The predicted octanol–water partition coefficient (Wildman–Crippen LogP) is 3.25. The molecule has 2 atom stereocenters. The van der Waals surface area contributed by atoms with E-state index in [1.165, 1.54) is 0 Å². The smallest absolute Gasteiger partial charge is 0.355 e. The quantitative estimate of drug-likeness (QED) is 0.682. The van der Waals surface area contributed by atoms with Crippen molar-refractivity contribution < 1.29 is 18.3 Å². The lowest BCUT2D eigenvalue weighted by atomic mass is 9.96. The molecule has 0 saturated carbocycles. The van der Waals surface area contributed by atoms with Crippen molar-refractivity contribution in [1.29, 1.82) is 0 Å². The molecule has 0 spiro atoms. The highest BCUT2D eigenvalue weighted by Crippen LogP contribution is 2.36. The van der Waals surface area contributed by atoms with Crippen LogP contribution < -0.4 is 9.92 Å². The zero-order valence-corrected chi connectivity index (χ0v) is 16.2. The van der Waals surface area contributed by atoms with Gasteiger partial charge in [-0.1, -0.05) is 26.3 Å². The van der Waals surface area contributed by atoms with Gasteiger partial charge in [-0.2, -0.15) is 0 Å². The highest BCUT2D eigenvalue weighted by Gasteiger charge is 2.38. The summed E-state index contributed by atoms with van der Waals surface area (Å²) < 4.78 is 23.9. The fourth-order valence-electron chi connectivity index (χ4n) is 2.91. The average Bonchev–Trinajstić information content (AvgIpc) is 2.54. The Kier molecular flexibility index (Phi) is 6.65. The molecule has 1 aliphatic heterocycles. The second-order valence-corrected chi connectivity index (χ2v) is 8.20. The fourth-order valence-corrected chi connectivity index (χ4v) is 4.59. The fraction of sp³-hybridized carbons (Fsp3) is 0.667. The van der Waals surface area contributed by atoms with Gasteiger partial charge in [0, 0.05) is 31.6 Å². The van der Waals surface area contributed by atoms with Crippen molar-refractivity contribution in [2.45, 2.75) is 59.9 Å². The lowest BCUT2D eigenvalue weighted by Gasteiger charge is -2.40. The molecule has 0 amide bonds. The molecule has 23 heavy (non-hydrogen) atoms. The van der Waals surface area contributed by atoms with Gasteiger partial charge in [-0.15, -0.1) is 0 Å². The zero-order chi connectivity index (χ0) is 16.9. The third-order valence-electron chi connectivity index (χ3n) is 4.44. The van der Waals surface area contributed by atoms with E-state index in [0.717, 1.165) is 29.3 Å². The molecule has 4 nitrogen and oxygen atoms in total. The first-order chi connectivity index (χ1) is 11.0. The van der Waals surface area contributed by atoms with Crippen LogP contribution >= 0.6 is 0 Å². The summed E-state index contributed by atoms with van der Waals surface area (Å²) in [5, 5.41) is 1.14. The van der Waals surface area contributed by atoms with Crippen LogP contribution in [0.25, 0.3) is 0 Å². The lowest BCUT2D eigenvalue weighted by Crippen LogP contribution is -2.45. The molecule has 0 saturated heterocycles. The summed E-state index contributed by atoms with van der Waals surface area (Å²) in [4.78, 5) is 0. The predicted molar refractivity (Wildman–Crippen MR) is 94.4 cm³/mol. The summed E-state index contributed by atoms with van der Waals surface area (Å²) >= 11 is 0. The van der Waals surface area contributed by atoms with Crippen LogP contribution in [0.3, 0.4) is 0 Å². The number of benzene rings is 1. The number of fused-ring (bicyclic) bond motifs is 1. The van der Waals surface area contributed by atoms with Crippen LogP contribution in [0.1, 0.15) is 53.0 Å². The van der Waals surface area contributed by atoms with Crippen molar-refractivity contribution in [2.75, 3.05) is 13.2 Å². The number of hydrogen-bond acceptors (Lipinski definition) is 4. The Bertz CT molecular complexity index is 502. The lowest BCUT2D eigenvalue weighted by molar-refractivity contribution is -0.223. The molecular weight excluding hydrogens is 308 g/mol. The molecule has 5 heteroatoms. The van der Waals surface area contributed by atoms with Crippen molar-refractivity contribution >= 4 is 14.5 Å². The van der Waals surface area contributed by atoms with Crippen molar-refractivity contribution in [2.24, 2.45) is 5.92 Å². The number of hydrogen-bond donors (Lipinski definition) is 0. The summed E-state index contributed by atoms with van der Waals surface area (Å²) in [6.45, 7) is 12.4. The van der Waals surface area contributed by atoms with Gasteiger partial charge < -0.3 is 18.3 Å².